The first-order valence-corrected chi connectivity index (χ1v) is 18.3. The lowest BCUT2D eigenvalue weighted by Gasteiger charge is -2.30. The van der Waals surface area contributed by atoms with Crippen molar-refractivity contribution in [1.82, 2.24) is 26.2 Å². The molecule has 0 saturated carbocycles. The monoisotopic (exact) mass is 715 g/mol. The molecular weight excluding hydrogens is 658 g/mol. The standard InChI is InChI=1S/C32H57N7O9S/c1-18(2)17-23(29(44)35-20(9-6-7-14-33)27(42)37-22(32(47)48)11-12-25(40)41)38-28(43)21(13-16-49-5)36-30(45)24-10-8-15-39(24)31(46)26(34)19(3)4/h18-24,26H,6-17,33-34H2,1-5H3,(H,35,44)(H,36,45)(H,37,42)(H,38,43)(H,40,41)(H,47,48)/t20-,21-,22-,23-,24-,26-/m0/s1. The number of carbonyl (C=O) groups excluding carboxylic acids is 5. The molecule has 10 N–H and O–H groups in total. The van der Waals surface area contributed by atoms with E-state index >= 15 is 0 Å². The Morgan fingerprint density at radius 1 is 0.816 bits per heavy atom. The third-order valence-electron chi connectivity index (χ3n) is 8.27. The Labute approximate surface area is 293 Å². The average Bonchev–Trinajstić information content (AvgIpc) is 3.53. The van der Waals surface area contributed by atoms with Crippen molar-refractivity contribution < 1.29 is 43.8 Å². The SMILES string of the molecule is CSCC[C@H](NC(=O)[C@@H]1CCCN1C(=O)[C@@H](N)C(C)C)C(=O)N[C@@H](CC(C)C)C(=O)N[C@@H](CCCCN)C(=O)N[C@@H](CCC(=O)O)C(=O)O. The van der Waals surface area contributed by atoms with Crippen LogP contribution in [0, 0.1) is 11.8 Å². The highest BCUT2D eigenvalue weighted by molar-refractivity contribution is 7.98. The second-order valence-electron chi connectivity index (χ2n) is 13.2. The first-order valence-electron chi connectivity index (χ1n) is 16.9. The van der Waals surface area contributed by atoms with Gasteiger partial charge in [0.15, 0.2) is 0 Å². The number of unbranched alkanes of at least 4 members (excludes halogenated alkanes) is 1. The van der Waals surface area contributed by atoms with Gasteiger partial charge >= 0.3 is 11.9 Å². The quantitative estimate of drug-likeness (QED) is 0.0639. The predicted molar refractivity (Wildman–Crippen MR) is 185 cm³/mol. The zero-order chi connectivity index (χ0) is 37.3. The fourth-order valence-electron chi connectivity index (χ4n) is 5.36. The van der Waals surface area contributed by atoms with Gasteiger partial charge in [0.2, 0.25) is 29.5 Å². The summed E-state index contributed by atoms with van der Waals surface area (Å²) in [4.78, 5) is 91.1. The molecular formula is C32H57N7O9S. The lowest BCUT2D eigenvalue weighted by molar-refractivity contribution is -0.143. The summed E-state index contributed by atoms with van der Waals surface area (Å²) < 4.78 is 0. The van der Waals surface area contributed by atoms with Crippen molar-refractivity contribution >= 4 is 53.2 Å². The van der Waals surface area contributed by atoms with Crippen LogP contribution >= 0.6 is 11.8 Å². The molecule has 6 atom stereocenters. The molecule has 5 amide bonds. The number of nitrogens with two attached hydrogens (primary N) is 2. The number of aliphatic carboxylic acids is 2. The second-order valence-corrected chi connectivity index (χ2v) is 14.2. The number of nitrogens with one attached hydrogen (secondary N) is 4. The number of likely N-dealkylation sites (tertiary alicyclic amines) is 1. The first kappa shape index (κ1) is 43.6. The van der Waals surface area contributed by atoms with E-state index in [1.807, 2.05) is 34.0 Å². The maximum Gasteiger partial charge on any atom is 0.326 e. The maximum absolute atomic E-state index is 13.7. The normalized spacial score (nSPS) is 17.5. The van der Waals surface area contributed by atoms with Crippen LogP contribution in [0.3, 0.4) is 0 Å². The van der Waals surface area contributed by atoms with Crippen molar-refractivity contribution in [3.8, 4) is 0 Å². The summed E-state index contributed by atoms with van der Waals surface area (Å²) in [6, 6.07) is -6.35. The Balaban J connectivity index is 3.17. The minimum absolute atomic E-state index is 0.0737. The summed E-state index contributed by atoms with van der Waals surface area (Å²) in [6.45, 7) is 8.04. The van der Waals surface area contributed by atoms with E-state index < -0.39 is 78.2 Å². The van der Waals surface area contributed by atoms with Crippen molar-refractivity contribution in [3.63, 3.8) is 0 Å². The van der Waals surface area contributed by atoms with Crippen LogP contribution in [0.25, 0.3) is 0 Å². The summed E-state index contributed by atoms with van der Waals surface area (Å²) in [7, 11) is 0. The van der Waals surface area contributed by atoms with Crippen LogP contribution in [0.1, 0.15) is 85.5 Å². The molecule has 16 nitrogen and oxygen atoms in total. The fraction of sp³-hybridized carbons (Fsp3) is 0.781. The molecule has 1 aliphatic heterocycles. The second kappa shape index (κ2) is 22.3. The van der Waals surface area contributed by atoms with Gasteiger partial charge in [0, 0.05) is 13.0 Å². The Bertz CT molecular complexity index is 1140. The van der Waals surface area contributed by atoms with Crippen LogP contribution in [-0.4, -0.2) is 118 Å². The number of carboxylic acids is 2. The van der Waals surface area contributed by atoms with Gasteiger partial charge in [-0.1, -0.05) is 27.7 Å². The van der Waals surface area contributed by atoms with Gasteiger partial charge in [-0.15, -0.1) is 0 Å². The Kier molecular flexibility index (Phi) is 19.8. The Hall–Kier alpha value is -3.44. The largest absolute Gasteiger partial charge is 0.481 e. The summed E-state index contributed by atoms with van der Waals surface area (Å²) in [5.41, 5.74) is 11.7. The molecule has 17 heteroatoms. The van der Waals surface area contributed by atoms with Crippen LogP contribution in [0.5, 0.6) is 0 Å². The van der Waals surface area contributed by atoms with Crippen molar-refractivity contribution in [2.24, 2.45) is 23.3 Å². The highest BCUT2D eigenvalue weighted by atomic mass is 32.2. The van der Waals surface area contributed by atoms with Gasteiger partial charge in [0.1, 0.15) is 30.2 Å². The highest BCUT2D eigenvalue weighted by Gasteiger charge is 2.39. The topological polar surface area (TPSA) is 263 Å². The summed E-state index contributed by atoms with van der Waals surface area (Å²) in [5.74, 6) is -5.24. The summed E-state index contributed by atoms with van der Waals surface area (Å²) >= 11 is 1.47. The summed E-state index contributed by atoms with van der Waals surface area (Å²) in [6.07, 6.45) is 3.54. The minimum atomic E-state index is -1.49. The average molecular weight is 716 g/mol. The fourth-order valence-corrected chi connectivity index (χ4v) is 5.83. The van der Waals surface area contributed by atoms with Crippen LogP contribution < -0.4 is 32.7 Å². The van der Waals surface area contributed by atoms with E-state index in [9.17, 15) is 38.7 Å². The zero-order valence-corrected chi connectivity index (χ0v) is 30.2. The van der Waals surface area contributed by atoms with E-state index in [-0.39, 0.29) is 43.4 Å². The molecule has 1 rings (SSSR count). The van der Waals surface area contributed by atoms with Gasteiger partial charge in [-0.2, -0.15) is 11.8 Å². The molecule has 0 bridgehead atoms. The van der Waals surface area contributed by atoms with Gasteiger partial charge in [0.05, 0.1) is 6.04 Å². The molecule has 0 aromatic heterocycles. The molecule has 0 aromatic rings. The van der Waals surface area contributed by atoms with E-state index in [4.69, 9.17) is 16.6 Å². The van der Waals surface area contributed by atoms with Crippen molar-refractivity contribution in [2.45, 2.75) is 122 Å². The molecule has 0 radical (unpaired) electrons. The summed E-state index contributed by atoms with van der Waals surface area (Å²) in [5, 5.41) is 29.0. The van der Waals surface area contributed by atoms with Gasteiger partial charge in [-0.3, -0.25) is 28.8 Å². The molecule has 0 unspecified atom stereocenters. The number of hydrogen-bond acceptors (Lipinski definition) is 10. The minimum Gasteiger partial charge on any atom is -0.481 e. The number of amides is 5. The third kappa shape index (κ3) is 15.3. The molecule has 49 heavy (non-hydrogen) atoms. The Morgan fingerprint density at radius 3 is 1.92 bits per heavy atom. The van der Waals surface area contributed by atoms with Gasteiger partial charge in [-0.25, -0.2) is 4.79 Å². The molecule has 280 valence electrons. The molecule has 0 aromatic carbocycles. The van der Waals surface area contributed by atoms with Crippen LogP contribution in [0.2, 0.25) is 0 Å². The van der Waals surface area contributed by atoms with Crippen LogP contribution in [0.15, 0.2) is 0 Å². The number of carbonyl (C=O) groups is 7. The van der Waals surface area contributed by atoms with Crippen molar-refractivity contribution in [3.05, 3.63) is 0 Å². The molecule has 0 aliphatic carbocycles. The van der Waals surface area contributed by atoms with Crippen molar-refractivity contribution in [2.75, 3.05) is 25.1 Å². The van der Waals surface area contributed by atoms with Crippen LogP contribution in [-0.2, 0) is 33.6 Å². The van der Waals surface area contributed by atoms with E-state index in [1.54, 1.807) is 0 Å². The first-order chi connectivity index (χ1) is 23.0. The lowest BCUT2D eigenvalue weighted by atomic mass is 10.0. The maximum atomic E-state index is 13.7. The number of nitrogens with zero attached hydrogens (tertiary/aromatic N) is 1. The Morgan fingerprint density at radius 2 is 1.39 bits per heavy atom. The molecule has 1 heterocycles. The number of rotatable bonds is 23. The molecule has 1 aliphatic rings. The third-order valence-corrected chi connectivity index (χ3v) is 8.91. The molecule has 0 spiro atoms. The molecule has 1 fully saturated rings. The molecule has 1 saturated heterocycles. The van der Waals surface area contributed by atoms with Crippen LogP contribution in [0.4, 0.5) is 0 Å². The predicted octanol–water partition coefficient (Wildman–Crippen LogP) is -0.222. The van der Waals surface area contributed by atoms with E-state index in [2.05, 4.69) is 21.3 Å². The van der Waals surface area contributed by atoms with Crippen molar-refractivity contribution in [1.29, 1.82) is 0 Å². The van der Waals surface area contributed by atoms with Gasteiger partial charge in [-0.05, 0) is 81.8 Å². The highest BCUT2D eigenvalue weighted by Crippen LogP contribution is 2.20. The lowest BCUT2D eigenvalue weighted by Crippen LogP contribution is -2.59. The van der Waals surface area contributed by atoms with Gasteiger partial charge in [0.25, 0.3) is 0 Å². The smallest absolute Gasteiger partial charge is 0.326 e. The number of thioether (sulfide) groups is 1. The number of carboxylic acid groups (broad SMARTS) is 2. The zero-order valence-electron chi connectivity index (χ0n) is 29.4. The van der Waals surface area contributed by atoms with E-state index in [0.717, 1.165) is 0 Å². The van der Waals surface area contributed by atoms with Gasteiger partial charge < -0.3 is 47.8 Å². The van der Waals surface area contributed by atoms with E-state index in [0.29, 0.717) is 44.5 Å². The number of hydrogen-bond donors (Lipinski definition) is 8. The van der Waals surface area contributed by atoms with E-state index in [1.165, 1.54) is 16.7 Å².